The lowest BCUT2D eigenvalue weighted by molar-refractivity contribution is 0.670. The standard InChI is InChI=1S/C56H37NO/c1-2-14-38(15-3-1)40-28-31-42(32-29-40)49-23-8-10-26-52(49)57(46-21-12-20-44(37-46)48-25-13-19-41-17-6-7-22-47(41)48)53-35-34-50(45-33-30-39-16-4-5-18-43(39)36-45)56-55(53)51-24-9-11-27-54(51)58-56/h1-37H. The summed E-state index contributed by atoms with van der Waals surface area (Å²) >= 11 is 0. The smallest absolute Gasteiger partial charge is 0.145 e. The molecule has 10 aromatic carbocycles. The van der Waals surface area contributed by atoms with Gasteiger partial charge in [0.05, 0.1) is 16.8 Å². The molecule has 0 aliphatic heterocycles. The quantitative estimate of drug-likeness (QED) is 0.162. The molecule has 0 saturated heterocycles. The van der Waals surface area contributed by atoms with E-state index in [9.17, 15) is 0 Å². The number of hydrogen-bond acceptors (Lipinski definition) is 2. The monoisotopic (exact) mass is 739 g/mol. The molecule has 0 amide bonds. The third kappa shape index (κ3) is 5.82. The maximum absolute atomic E-state index is 6.90. The summed E-state index contributed by atoms with van der Waals surface area (Å²) in [6, 6.07) is 80.7. The molecule has 272 valence electrons. The summed E-state index contributed by atoms with van der Waals surface area (Å²) in [7, 11) is 0. The number of para-hydroxylation sites is 2. The Morgan fingerprint density at radius 3 is 1.79 bits per heavy atom. The van der Waals surface area contributed by atoms with Gasteiger partial charge in [-0.25, -0.2) is 0 Å². The lowest BCUT2D eigenvalue weighted by Crippen LogP contribution is -2.12. The van der Waals surface area contributed by atoms with Gasteiger partial charge in [0, 0.05) is 22.2 Å². The highest BCUT2D eigenvalue weighted by Crippen LogP contribution is 2.49. The minimum absolute atomic E-state index is 0.862. The molecule has 2 nitrogen and oxygen atoms in total. The molecule has 0 aliphatic rings. The maximum Gasteiger partial charge on any atom is 0.145 e. The van der Waals surface area contributed by atoms with Crippen molar-refractivity contribution in [1.82, 2.24) is 0 Å². The van der Waals surface area contributed by atoms with Crippen LogP contribution in [-0.4, -0.2) is 0 Å². The van der Waals surface area contributed by atoms with E-state index in [1.807, 2.05) is 0 Å². The highest BCUT2D eigenvalue weighted by Gasteiger charge is 2.24. The molecule has 0 N–H and O–H groups in total. The van der Waals surface area contributed by atoms with E-state index >= 15 is 0 Å². The Morgan fingerprint density at radius 1 is 0.310 bits per heavy atom. The lowest BCUT2D eigenvalue weighted by atomic mass is 9.95. The first-order chi connectivity index (χ1) is 28.8. The number of hydrogen-bond donors (Lipinski definition) is 0. The van der Waals surface area contributed by atoms with Gasteiger partial charge in [-0.3, -0.25) is 0 Å². The fraction of sp³-hybridized carbons (Fsp3) is 0. The summed E-state index contributed by atoms with van der Waals surface area (Å²) < 4.78 is 6.90. The number of rotatable bonds is 7. The first-order valence-electron chi connectivity index (χ1n) is 19.8. The average Bonchev–Trinajstić information content (AvgIpc) is 3.70. The summed E-state index contributed by atoms with van der Waals surface area (Å²) in [4.78, 5) is 2.43. The summed E-state index contributed by atoms with van der Waals surface area (Å²) in [5.74, 6) is 0. The second-order valence-corrected chi connectivity index (χ2v) is 14.9. The zero-order valence-electron chi connectivity index (χ0n) is 31.7. The van der Waals surface area contributed by atoms with Crippen LogP contribution in [0.3, 0.4) is 0 Å². The SMILES string of the molecule is c1ccc(-c2ccc(-c3ccccc3N(c3cccc(-c4cccc5ccccc45)c3)c3ccc(-c4ccc5ccccc5c4)c4oc5ccccc5c34)cc2)cc1. The van der Waals surface area contributed by atoms with Crippen molar-refractivity contribution in [3.63, 3.8) is 0 Å². The summed E-state index contributed by atoms with van der Waals surface area (Å²) in [5, 5.41) is 7.03. The van der Waals surface area contributed by atoms with E-state index < -0.39 is 0 Å². The normalized spacial score (nSPS) is 11.4. The van der Waals surface area contributed by atoms with Crippen molar-refractivity contribution in [3.8, 4) is 44.5 Å². The van der Waals surface area contributed by atoms with Crippen LogP contribution in [0.25, 0.3) is 88.0 Å². The first-order valence-corrected chi connectivity index (χ1v) is 19.8. The van der Waals surface area contributed by atoms with Gasteiger partial charge in [-0.05, 0) is 97.4 Å². The van der Waals surface area contributed by atoms with Gasteiger partial charge in [-0.2, -0.15) is 0 Å². The van der Waals surface area contributed by atoms with Gasteiger partial charge in [0.1, 0.15) is 11.2 Å². The molecule has 0 unspecified atom stereocenters. The van der Waals surface area contributed by atoms with E-state index in [4.69, 9.17) is 4.42 Å². The van der Waals surface area contributed by atoms with Crippen molar-refractivity contribution in [2.75, 3.05) is 4.90 Å². The Morgan fingerprint density at radius 2 is 0.914 bits per heavy atom. The van der Waals surface area contributed by atoms with Crippen LogP contribution in [0.4, 0.5) is 17.1 Å². The predicted octanol–water partition coefficient (Wildman–Crippen LogP) is 16.0. The third-order valence-corrected chi connectivity index (χ3v) is 11.5. The van der Waals surface area contributed by atoms with E-state index in [-0.39, 0.29) is 0 Å². The zero-order valence-corrected chi connectivity index (χ0v) is 31.7. The average molecular weight is 740 g/mol. The number of anilines is 3. The second-order valence-electron chi connectivity index (χ2n) is 14.9. The van der Waals surface area contributed by atoms with Crippen molar-refractivity contribution < 1.29 is 4.42 Å². The maximum atomic E-state index is 6.90. The lowest BCUT2D eigenvalue weighted by Gasteiger charge is -2.29. The molecule has 0 fully saturated rings. The van der Waals surface area contributed by atoms with E-state index in [0.717, 1.165) is 66.8 Å². The minimum Gasteiger partial charge on any atom is -0.455 e. The van der Waals surface area contributed by atoms with E-state index in [2.05, 4.69) is 229 Å². The molecule has 0 aliphatic carbocycles. The van der Waals surface area contributed by atoms with Gasteiger partial charge < -0.3 is 9.32 Å². The zero-order chi connectivity index (χ0) is 38.4. The van der Waals surface area contributed by atoms with Gasteiger partial charge in [0.2, 0.25) is 0 Å². The molecule has 11 aromatic rings. The van der Waals surface area contributed by atoms with Gasteiger partial charge in [-0.15, -0.1) is 0 Å². The van der Waals surface area contributed by atoms with Crippen molar-refractivity contribution >= 4 is 60.5 Å². The van der Waals surface area contributed by atoms with Crippen molar-refractivity contribution in [1.29, 1.82) is 0 Å². The van der Waals surface area contributed by atoms with Gasteiger partial charge in [-0.1, -0.05) is 182 Å². The predicted molar refractivity (Wildman–Crippen MR) is 245 cm³/mol. The Bertz CT molecular complexity index is 3280. The molecule has 11 rings (SSSR count). The Labute approximate surface area is 337 Å². The van der Waals surface area contributed by atoms with E-state index in [1.165, 1.54) is 38.2 Å². The highest BCUT2D eigenvalue weighted by molar-refractivity contribution is 6.18. The van der Waals surface area contributed by atoms with Crippen LogP contribution in [0.5, 0.6) is 0 Å². The molecular formula is C56H37NO. The van der Waals surface area contributed by atoms with E-state index in [0.29, 0.717) is 0 Å². The largest absolute Gasteiger partial charge is 0.455 e. The highest BCUT2D eigenvalue weighted by atomic mass is 16.3. The number of benzene rings is 10. The Kier molecular flexibility index (Phi) is 8.19. The molecule has 0 saturated carbocycles. The van der Waals surface area contributed by atoms with Crippen LogP contribution < -0.4 is 4.90 Å². The third-order valence-electron chi connectivity index (χ3n) is 11.5. The molecule has 0 bridgehead atoms. The van der Waals surface area contributed by atoms with Gasteiger partial charge in [0.25, 0.3) is 0 Å². The van der Waals surface area contributed by atoms with Crippen molar-refractivity contribution in [2.45, 2.75) is 0 Å². The summed E-state index contributed by atoms with van der Waals surface area (Å²) in [6.07, 6.45) is 0. The van der Waals surface area contributed by atoms with Crippen molar-refractivity contribution in [3.05, 3.63) is 224 Å². The molecule has 2 heteroatoms. The van der Waals surface area contributed by atoms with Crippen molar-refractivity contribution in [2.24, 2.45) is 0 Å². The number of fused-ring (bicyclic) bond motifs is 5. The van der Waals surface area contributed by atoms with E-state index in [1.54, 1.807) is 0 Å². The molecule has 0 atom stereocenters. The van der Waals surface area contributed by atoms with Crippen LogP contribution in [0.1, 0.15) is 0 Å². The van der Waals surface area contributed by atoms with Crippen LogP contribution in [0.2, 0.25) is 0 Å². The fourth-order valence-corrected chi connectivity index (χ4v) is 8.66. The summed E-state index contributed by atoms with van der Waals surface area (Å²) in [6.45, 7) is 0. The van der Waals surface area contributed by atoms with Crippen LogP contribution >= 0.6 is 0 Å². The molecule has 0 radical (unpaired) electrons. The molecule has 58 heavy (non-hydrogen) atoms. The topological polar surface area (TPSA) is 16.4 Å². The minimum atomic E-state index is 0.862. The molecule has 1 aromatic heterocycles. The van der Waals surface area contributed by atoms with Gasteiger partial charge >= 0.3 is 0 Å². The fourth-order valence-electron chi connectivity index (χ4n) is 8.66. The number of nitrogens with zero attached hydrogens (tertiary/aromatic N) is 1. The number of furan rings is 1. The molecule has 1 heterocycles. The first kappa shape index (κ1) is 33.6. The van der Waals surface area contributed by atoms with Crippen LogP contribution in [-0.2, 0) is 0 Å². The molecular weight excluding hydrogens is 703 g/mol. The van der Waals surface area contributed by atoms with Gasteiger partial charge in [0.15, 0.2) is 0 Å². The van der Waals surface area contributed by atoms with Crippen LogP contribution in [0, 0.1) is 0 Å². The Balaban J connectivity index is 1.16. The Hall–Kier alpha value is -7.68. The molecule has 0 spiro atoms. The second kappa shape index (κ2) is 14.1. The summed E-state index contributed by atoms with van der Waals surface area (Å²) in [5.41, 5.74) is 14.1. The van der Waals surface area contributed by atoms with Crippen LogP contribution in [0.15, 0.2) is 229 Å².